The van der Waals surface area contributed by atoms with E-state index in [1.54, 1.807) is 24.1 Å². The summed E-state index contributed by atoms with van der Waals surface area (Å²) in [5.41, 5.74) is 1.21. The minimum atomic E-state index is -0.192. The second kappa shape index (κ2) is 7.52. The maximum Gasteiger partial charge on any atom is 0.274 e. The van der Waals surface area contributed by atoms with Crippen molar-refractivity contribution in [3.63, 3.8) is 0 Å². The third-order valence-electron chi connectivity index (χ3n) is 4.22. The van der Waals surface area contributed by atoms with E-state index in [0.29, 0.717) is 29.6 Å². The highest BCUT2D eigenvalue weighted by atomic mass is 16.2. The van der Waals surface area contributed by atoms with E-state index in [4.69, 9.17) is 0 Å². The molecule has 0 fully saturated rings. The van der Waals surface area contributed by atoms with Gasteiger partial charge in [0.25, 0.3) is 11.5 Å². The van der Waals surface area contributed by atoms with Gasteiger partial charge in [-0.15, -0.1) is 0 Å². The van der Waals surface area contributed by atoms with Gasteiger partial charge in [0, 0.05) is 25.5 Å². The molecule has 0 saturated heterocycles. The summed E-state index contributed by atoms with van der Waals surface area (Å²) in [5, 5.41) is 5.54. The number of carbonyl (C=O) groups is 1. The Labute approximate surface area is 152 Å². The number of rotatable bonds is 5. The van der Waals surface area contributed by atoms with Gasteiger partial charge in [0.05, 0.1) is 5.39 Å². The molecule has 0 saturated carbocycles. The number of amides is 1. The molecule has 3 aromatic rings. The number of nitrogens with zero attached hydrogens (tertiary/aromatic N) is 3. The second-order valence-corrected chi connectivity index (χ2v) is 6.92. The zero-order valence-electron chi connectivity index (χ0n) is 15.3. The predicted octanol–water partition coefficient (Wildman–Crippen LogP) is 3.32. The quantitative estimate of drug-likeness (QED) is 0.710. The minimum absolute atomic E-state index is 0.156. The van der Waals surface area contributed by atoms with Crippen LogP contribution in [0.4, 0.5) is 0 Å². The first-order chi connectivity index (χ1) is 12.5. The Kier molecular flexibility index (Phi) is 5.16. The summed E-state index contributed by atoms with van der Waals surface area (Å²) in [5.74, 6) is 0.0638. The first-order valence-corrected chi connectivity index (χ1v) is 8.76. The lowest BCUT2D eigenvalue weighted by molar-refractivity contribution is 0.0778. The van der Waals surface area contributed by atoms with Crippen LogP contribution in [0.1, 0.15) is 29.9 Å². The van der Waals surface area contributed by atoms with Crippen molar-refractivity contribution in [3.05, 3.63) is 76.2 Å². The highest BCUT2D eigenvalue weighted by molar-refractivity contribution is 6.04. The van der Waals surface area contributed by atoms with Crippen LogP contribution >= 0.6 is 0 Å². The van der Waals surface area contributed by atoms with Crippen molar-refractivity contribution in [2.75, 3.05) is 7.05 Å². The Hall–Kier alpha value is -2.95. The maximum absolute atomic E-state index is 13.1. The van der Waals surface area contributed by atoms with Crippen molar-refractivity contribution in [3.8, 4) is 0 Å². The second-order valence-electron chi connectivity index (χ2n) is 6.92. The molecule has 0 aliphatic carbocycles. The molecular formula is C21H23N3O2. The Morgan fingerprint density at radius 3 is 2.31 bits per heavy atom. The predicted molar refractivity (Wildman–Crippen MR) is 103 cm³/mol. The molecule has 0 N–H and O–H groups in total. The van der Waals surface area contributed by atoms with Gasteiger partial charge in [-0.25, -0.2) is 4.68 Å². The van der Waals surface area contributed by atoms with Crippen LogP contribution in [0.25, 0.3) is 10.8 Å². The van der Waals surface area contributed by atoms with Crippen LogP contribution in [0, 0.1) is 5.92 Å². The van der Waals surface area contributed by atoms with Crippen molar-refractivity contribution in [2.45, 2.75) is 26.9 Å². The largest absolute Gasteiger partial charge is 0.336 e. The van der Waals surface area contributed by atoms with E-state index in [1.807, 2.05) is 56.3 Å². The van der Waals surface area contributed by atoms with Crippen LogP contribution in [-0.4, -0.2) is 27.6 Å². The number of carbonyl (C=O) groups excluding carboxylic acids is 1. The first-order valence-electron chi connectivity index (χ1n) is 8.76. The van der Waals surface area contributed by atoms with Crippen LogP contribution in [0.2, 0.25) is 0 Å². The van der Waals surface area contributed by atoms with Crippen molar-refractivity contribution < 1.29 is 4.79 Å². The van der Waals surface area contributed by atoms with E-state index in [1.165, 1.54) is 4.68 Å². The fourth-order valence-electron chi connectivity index (χ4n) is 2.97. The topological polar surface area (TPSA) is 55.2 Å². The molecular weight excluding hydrogens is 326 g/mol. The molecule has 0 atom stereocenters. The fraction of sp³-hybridized carbons (Fsp3) is 0.286. The summed E-state index contributed by atoms with van der Waals surface area (Å²) in [6.45, 7) is 5.00. The molecule has 134 valence electrons. The molecule has 0 spiro atoms. The molecule has 0 aliphatic heterocycles. The van der Waals surface area contributed by atoms with Gasteiger partial charge in [-0.3, -0.25) is 9.59 Å². The fourth-order valence-corrected chi connectivity index (χ4v) is 2.97. The maximum atomic E-state index is 13.1. The Balaban J connectivity index is 2.04. The van der Waals surface area contributed by atoms with E-state index < -0.39 is 0 Å². The van der Waals surface area contributed by atoms with Crippen LogP contribution in [0.15, 0.2) is 59.4 Å². The van der Waals surface area contributed by atoms with Crippen LogP contribution in [0.3, 0.4) is 0 Å². The molecule has 5 nitrogen and oxygen atoms in total. The first kappa shape index (κ1) is 17.9. The van der Waals surface area contributed by atoms with Gasteiger partial charge < -0.3 is 4.90 Å². The molecule has 1 heterocycles. The number of hydrogen-bond donors (Lipinski definition) is 0. The standard InChI is InChI=1S/C21H23N3O2/c1-15(2)13-24-20(25)18-12-8-7-11-17(18)19(22-24)21(26)23(3)14-16-9-5-4-6-10-16/h4-12,15H,13-14H2,1-3H3. The lowest BCUT2D eigenvalue weighted by atomic mass is 10.1. The van der Waals surface area contributed by atoms with Gasteiger partial charge in [-0.05, 0) is 17.5 Å². The monoisotopic (exact) mass is 349 g/mol. The van der Waals surface area contributed by atoms with Gasteiger partial charge in [0.1, 0.15) is 0 Å². The summed E-state index contributed by atoms with van der Waals surface area (Å²) in [4.78, 5) is 27.4. The van der Waals surface area contributed by atoms with E-state index in [9.17, 15) is 9.59 Å². The third-order valence-corrected chi connectivity index (χ3v) is 4.22. The molecule has 2 aromatic carbocycles. The van der Waals surface area contributed by atoms with Crippen molar-refractivity contribution >= 4 is 16.7 Å². The number of benzene rings is 2. The van der Waals surface area contributed by atoms with Crippen LogP contribution in [0.5, 0.6) is 0 Å². The molecule has 26 heavy (non-hydrogen) atoms. The van der Waals surface area contributed by atoms with Crippen molar-refractivity contribution in [1.82, 2.24) is 14.7 Å². The zero-order valence-corrected chi connectivity index (χ0v) is 15.3. The molecule has 3 rings (SSSR count). The average Bonchev–Trinajstić information content (AvgIpc) is 2.64. The van der Waals surface area contributed by atoms with Gasteiger partial charge in [-0.2, -0.15) is 5.10 Å². The van der Waals surface area contributed by atoms with Crippen molar-refractivity contribution in [1.29, 1.82) is 0 Å². The number of hydrogen-bond acceptors (Lipinski definition) is 3. The van der Waals surface area contributed by atoms with Gasteiger partial charge in [0.15, 0.2) is 5.69 Å². The highest BCUT2D eigenvalue weighted by Gasteiger charge is 2.20. The van der Waals surface area contributed by atoms with E-state index >= 15 is 0 Å². The normalized spacial score (nSPS) is 11.1. The van der Waals surface area contributed by atoms with Gasteiger partial charge in [0.2, 0.25) is 0 Å². The average molecular weight is 349 g/mol. The summed E-state index contributed by atoms with van der Waals surface area (Å²) < 4.78 is 1.41. The van der Waals surface area contributed by atoms with E-state index in [2.05, 4.69) is 5.10 Å². The van der Waals surface area contributed by atoms with Crippen molar-refractivity contribution in [2.24, 2.45) is 5.92 Å². The summed E-state index contributed by atoms with van der Waals surface area (Å²) in [7, 11) is 1.75. The van der Waals surface area contributed by atoms with Gasteiger partial charge in [-0.1, -0.05) is 62.4 Å². The summed E-state index contributed by atoms with van der Waals surface area (Å²) in [6.07, 6.45) is 0. The lowest BCUT2D eigenvalue weighted by Gasteiger charge is -2.19. The van der Waals surface area contributed by atoms with E-state index in [-0.39, 0.29) is 17.4 Å². The summed E-state index contributed by atoms with van der Waals surface area (Å²) in [6, 6.07) is 17.0. The van der Waals surface area contributed by atoms with E-state index in [0.717, 1.165) is 5.56 Å². The Morgan fingerprint density at radius 1 is 1.04 bits per heavy atom. The summed E-state index contributed by atoms with van der Waals surface area (Å²) >= 11 is 0. The molecule has 0 bridgehead atoms. The Bertz CT molecular complexity index is 977. The Morgan fingerprint density at radius 2 is 1.65 bits per heavy atom. The SMILES string of the molecule is CC(C)Cn1nc(C(=O)N(C)Cc2ccccc2)c2ccccc2c1=O. The molecule has 0 unspecified atom stereocenters. The smallest absolute Gasteiger partial charge is 0.274 e. The molecule has 1 amide bonds. The van der Waals surface area contributed by atoms with Gasteiger partial charge >= 0.3 is 0 Å². The minimum Gasteiger partial charge on any atom is -0.336 e. The number of aromatic nitrogens is 2. The molecule has 5 heteroatoms. The third kappa shape index (κ3) is 3.67. The molecule has 1 aromatic heterocycles. The van der Waals surface area contributed by atoms with Crippen LogP contribution < -0.4 is 5.56 Å². The zero-order chi connectivity index (χ0) is 18.7. The number of fused-ring (bicyclic) bond motifs is 1. The molecule has 0 radical (unpaired) electrons. The van der Waals surface area contributed by atoms with Crippen LogP contribution in [-0.2, 0) is 13.1 Å². The lowest BCUT2D eigenvalue weighted by Crippen LogP contribution is -2.32. The highest BCUT2D eigenvalue weighted by Crippen LogP contribution is 2.16. The molecule has 0 aliphatic rings.